The molecule has 1 atom stereocenters. The van der Waals surface area contributed by atoms with E-state index >= 15 is 0 Å². The molecule has 1 fully saturated rings. The summed E-state index contributed by atoms with van der Waals surface area (Å²) in [4.78, 5) is 24.0. The number of pyridine rings is 2. The number of aryl methyl sites for hydroxylation is 1. The highest BCUT2D eigenvalue weighted by atomic mass is 19.1. The van der Waals surface area contributed by atoms with Gasteiger partial charge in [-0.15, -0.1) is 0 Å². The van der Waals surface area contributed by atoms with Gasteiger partial charge in [-0.3, -0.25) is 9.78 Å². The summed E-state index contributed by atoms with van der Waals surface area (Å²) in [6.07, 6.45) is 7.10. The molecule has 5 N–H and O–H groups in total. The summed E-state index contributed by atoms with van der Waals surface area (Å²) >= 11 is 0. The monoisotopic (exact) mass is 476 g/mol. The van der Waals surface area contributed by atoms with Crippen LogP contribution in [0.5, 0.6) is 0 Å². The van der Waals surface area contributed by atoms with Gasteiger partial charge in [0.15, 0.2) is 5.69 Å². The minimum Gasteiger partial charge on any atom is -0.397 e. The van der Waals surface area contributed by atoms with Gasteiger partial charge in [0.1, 0.15) is 5.82 Å². The largest absolute Gasteiger partial charge is 0.397 e. The third-order valence-electron chi connectivity index (χ3n) is 6.30. The van der Waals surface area contributed by atoms with Crippen LogP contribution < -0.4 is 21.7 Å². The lowest BCUT2D eigenvalue weighted by Gasteiger charge is -2.33. The second-order valence-corrected chi connectivity index (χ2v) is 9.58. The van der Waals surface area contributed by atoms with Crippen molar-refractivity contribution in [2.75, 3.05) is 29.0 Å². The summed E-state index contributed by atoms with van der Waals surface area (Å²) in [6, 6.07) is 10.2. The van der Waals surface area contributed by atoms with Crippen LogP contribution in [0.2, 0.25) is 0 Å². The second kappa shape index (κ2) is 10.8. The first kappa shape index (κ1) is 24.6. The zero-order chi connectivity index (χ0) is 24.9. The van der Waals surface area contributed by atoms with Crippen molar-refractivity contribution in [2.45, 2.75) is 45.6 Å². The highest BCUT2D eigenvalue weighted by Crippen LogP contribution is 2.29. The number of carbonyl (C=O) groups excluding carboxylic acids is 1. The molecule has 2 aromatic heterocycles. The van der Waals surface area contributed by atoms with Crippen LogP contribution in [-0.4, -0.2) is 35.0 Å². The van der Waals surface area contributed by atoms with Gasteiger partial charge in [-0.1, -0.05) is 19.9 Å². The number of nitrogens with one attached hydrogen (secondary N) is 1. The average molecular weight is 477 g/mol. The zero-order valence-corrected chi connectivity index (χ0v) is 20.3. The standard InChI is InChI=1S/C27H33FN6O/c1-17(2)5-6-18-7-8-21(28)20(14-18)23-10-9-22(30)26(32-23)27(35)33-24-15-31-12-11-25(24)34-13-3-4-19(29)16-34/h7-12,14-15,17,19H,3-6,13,16,29-30H2,1-2H3,(H,33,35). The Kier molecular flexibility index (Phi) is 7.60. The molecule has 0 radical (unpaired) electrons. The summed E-state index contributed by atoms with van der Waals surface area (Å²) < 4.78 is 14.7. The molecule has 0 saturated carbocycles. The Morgan fingerprint density at radius 2 is 2.09 bits per heavy atom. The van der Waals surface area contributed by atoms with E-state index in [-0.39, 0.29) is 17.4 Å². The lowest BCUT2D eigenvalue weighted by Crippen LogP contribution is -2.43. The SMILES string of the molecule is CC(C)CCc1ccc(F)c(-c2ccc(N)c(C(=O)Nc3cnccc3N3CCCC(N)C3)n2)c1. The minimum atomic E-state index is -0.476. The Balaban J connectivity index is 1.60. The lowest BCUT2D eigenvalue weighted by atomic mass is 9.99. The van der Waals surface area contributed by atoms with Crippen LogP contribution in [-0.2, 0) is 6.42 Å². The van der Waals surface area contributed by atoms with Crippen LogP contribution in [0.15, 0.2) is 48.8 Å². The number of halogens is 1. The van der Waals surface area contributed by atoms with Gasteiger partial charge in [-0.25, -0.2) is 9.37 Å². The van der Waals surface area contributed by atoms with E-state index in [1.165, 1.54) is 6.07 Å². The number of anilines is 3. The average Bonchev–Trinajstić information content (AvgIpc) is 2.84. The lowest BCUT2D eigenvalue weighted by molar-refractivity contribution is 0.102. The Hall–Kier alpha value is -3.52. The summed E-state index contributed by atoms with van der Waals surface area (Å²) in [7, 11) is 0. The first-order valence-corrected chi connectivity index (χ1v) is 12.1. The van der Waals surface area contributed by atoms with Crippen molar-refractivity contribution in [3.05, 3.63) is 65.9 Å². The van der Waals surface area contributed by atoms with Crippen LogP contribution >= 0.6 is 0 Å². The van der Waals surface area contributed by atoms with Gasteiger partial charge in [-0.05, 0) is 67.5 Å². The molecule has 1 amide bonds. The number of carbonyl (C=O) groups is 1. The second-order valence-electron chi connectivity index (χ2n) is 9.58. The van der Waals surface area contributed by atoms with Gasteiger partial charge in [0, 0.05) is 30.9 Å². The molecule has 184 valence electrons. The van der Waals surface area contributed by atoms with Gasteiger partial charge in [0.2, 0.25) is 0 Å². The summed E-state index contributed by atoms with van der Waals surface area (Å²) in [6.45, 7) is 5.87. The van der Waals surface area contributed by atoms with Crippen LogP contribution in [0, 0.1) is 11.7 Å². The fraction of sp³-hybridized carbons (Fsp3) is 0.370. The highest BCUT2D eigenvalue weighted by Gasteiger charge is 2.22. The van der Waals surface area contributed by atoms with Crippen molar-refractivity contribution in [3.63, 3.8) is 0 Å². The van der Waals surface area contributed by atoms with Gasteiger partial charge >= 0.3 is 0 Å². The Morgan fingerprint density at radius 3 is 2.86 bits per heavy atom. The van der Waals surface area contributed by atoms with Crippen LogP contribution in [0.4, 0.5) is 21.5 Å². The smallest absolute Gasteiger partial charge is 0.276 e. The predicted octanol–water partition coefficient (Wildman–Crippen LogP) is 4.63. The summed E-state index contributed by atoms with van der Waals surface area (Å²) in [5.41, 5.74) is 15.7. The molecule has 3 aromatic rings. The number of piperidine rings is 1. The zero-order valence-electron chi connectivity index (χ0n) is 20.3. The predicted molar refractivity (Wildman–Crippen MR) is 139 cm³/mol. The van der Waals surface area contributed by atoms with Crippen LogP contribution in [0.1, 0.15) is 49.2 Å². The molecule has 1 unspecified atom stereocenters. The van der Waals surface area contributed by atoms with Crippen molar-refractivity contribution in [1.29, 1.82) is 0 Å². The number of nitrogen functional groups attached to an aromatic ring is 1. The molecule has 1 saturated heterocycles. The van der Waals surface area contributed by atoms with E-state index in [0.29, 0.717) is 29.4 Å². The number of rotatable bonds is 7. The highest BCUT2D eigenvalue weighted by molar-refractivity contribution is 6.07. The number of benzene rings is 1. The molecule has 0 aliphatic carbocycles. The van der Waals surface area contributed by atoms with E-state index in [4.69, 9.17) is 11.5 Å². The molecule has 4 rings (SSSR count). The maximum absolute atomic E-state index is 14.7. The number of aromatic nitrogens is 2. The molecule has 0 bridgehead atoms. The third kappa shape index (κ3) is 5.95. The quantitative estimate of drug-likeness (QED) is 0.458. The fourth-order valence-corrected chi connectivity index (χ4v) is 4.35. The molecule has 1 aliphatic heterocycles. The molecule has 1 aromatic carbocycles. The normalized spacial score (nSPS) is 15.9. The van der Waals surface area contributed by atoms with E-state index in [1.54, 1.807) is 36.7 Å². The number of nitrogens with zero attached hydrogens (tertiary/aromatic N) is 3. The molecular formula is C27H33FN6O. The first-order chi connectivity index (χ1) is 16.8. The Bertz CT molecular complexity index is 1200. The molecule has 0 spiro atoms. The number of amides is 1. The van der Waals surface area contributed by atoms with Gasteiger partial charge < -0.3 is 21.7 Å². The van der Waals surface area contributed by atoms with Crippen molar-refractivity contribution in [2.24, 2.45) is 11.7 Å². The number of hydrogen-bond acceptors (Lipinski definition) is 6. The van der Waals surface area contributed by atoms with E-state index in [2.05, 4.69) is 34.0 Å². The number of hydrogen-bond donors (Lipinski definition) is 3. The topological polar surface area (TPSA) is 110 Å². The van der Waals surface area contributed by atoms with Crippen LogP contribution in [0.25, 0.3) is 11.3 Å². The molecule has 35 heavy (non-hydrogen) atoms. The third-order valence-corrected chi connectivity index (χ3v) is 6.30. The molecule has 3 heterocycles. The van der Waals surface area contributed by atoms with E-state index in [1.807, 2.05) is 6.07 Å². The molecule has 1 aliphatic rings. The summed E-state index contributed by atoms with van der Waals surface area (Å²) in [5, 5.41) is 2.90. The molecule has 8 heteroatoms. The van der Waals surface area contributed by atoms with Crippen LogP contribution in [0.3, 0.4) is 0 Å². The Labute approximate surface area is 205 Å². The van der Waals surface area contributed by atoms with Gasteiger partial charge in [-0.2, -0.15) is 0 Å². The van der Waals surface area contributed by atoms with E-state index < -0.39 is 11.7 Å². The van der Waals surface area contributed by atoms with E-state index in [0.717, 1.165) is 43.5 Å². The van der Waals surface area contributed by atoms with Crippen molar-refractivity contribution in [1.82, 2.24) is 9.97 Å². The van der Waals surface area contributed by atoms with E-state index in [9.17, 15) is 9.18 Å². The Morgan fingerprint density at radius 1 is 1.26 bits per heavy atom. The summed E-state index contributed by atoms with van der Waals surface area (Å²) in [5.74, 6) is -0.319. The van der Waals surface area contributed by atoms with Gasteiger partial charge in [0.25, 0.3) is 5.91 Å². The molecule has 7 nitrogen and oxygen atoms in total. The fourth-order valence-electron chi connectivity index (χ4n) is 4.35. The molecular weight excluding hydrogens is 443 g/mol. The number of nitrogens with two attached hydrogens (primary N) is 2. The first-order valence-electron chi connectivity index (χ1n) is 12.1. The van der Waals surface area contributed by atoms with Gasteiger partial charge in [0.05, 0.1) is 29.0 Å². The van der Waals surface area contributed by atoms with Crippen molar-refractivity contribution in [3.8, 4) is 11.3 Å². The minimum absolute atomic E-state index is 0.0413. The van der Waals surface area contributed by atoms with Crippen molar-refractivity contribution < 1.29 is 9.18 Å². The maximum Gasteiger partial charge on any atom is 0.276 e. The maximum atomic E-state index is 14.7. The van der Waals surface area contributed by atoms with Crippen molar-refractivity contribution >= 4 is 23.0 Å².